The van der Waals surface area contributed by atoms with E-state index < -0.39 is 23.8 Å². The van der Waals surface area contributed by atoms with Gasteiger partial charge in [0, 0.05) is 31.5 Å². The number of aromatic amines is 1. The van der Waals surface area contributed by atoms with Gasteiger partial charge < -0.3 is 14.3 Å². The normalized spacial score (nSPS) is 11.3. The molecule has 10 nitrogen and oxygen atoms in total. The maximum atomic E-state index is 13.2. The molecular formula is C26H23N5O5. The van der Waals surface area contributed by atoms with Crippen molar-refractivity contribution in [3.8, 4) is 11.3 Å². The van der Waals surface area contributed by atoms with Gasteiger partial charge in [-0.2, -0.15) is 0 Å². The highest BCUT2D eigenvalue weighted by Crippen LogP contribution is 2.30. The van der Waals surface area contributed by atoms with E-state index in [-0.39, 0.29) is 29.9 Å². The number of ketones is 1. The first-order valence-corrected chi connectivity index (χ1v) is 11.3. The van der Waals surface area contributed by atoms with Crippen LogP contribution in [0, 0.1) is 0 Å². The van der Waals surface area contributed by atoms with Gasteiger partial charge in [-0.25, -0.2) is 9.78 Å². The molecule has 0 aliphatic carbocycles. The van der Waals surface area contributed by atoms with Crippen molar-refractivity contribution >= 4 is 33.8 Å². The van der Waals surface area contributed by atoms with Crippen molar-refractivity contribution in [1.29, 1.82) is 0 Å². The first-order chi connectivity index (χ1) is 17.4. The fourth-order valence-corrected chi connectivity index (χ4v) is 4.32. The van der Waals surface area contributed by atoms with Crippen molar-refractivity contribution in [1.82, 2.24) is 23.7 Å². The van der Waals surface area contributed by atoms with Gasteiger partial charge in [0.2, 0.25) is 5.78 Å². The number of hydrogen-bond acceptors (Lipinski definition) is 6. The Morgan fingerprint density at radius 3 is 2.47 bits per heavy atom. The van der Waals surface area contributed by atoms with Crippen molar-refractivity contribution in [3.05, 3.63) is 87.3 Å². The minimum absolute atomic E-state index is 0.0792. The highest BCUT2D eigenvalue weighted by molar-refractivity contribution is 6.14. The maximum Gasteiger partial charge on any atom is 0.332 e. The van der Waals surface area contributed by atoms with Crippen LogP contribution in [0.15, 0.2) is 70.5 Å². The number of rotatable bonds is 7. The van der Waals surface area contributed by atoms with Crippen LogP contribution in [-0.4, -0.2) is 42.0 Å². The molecule has 0 aliphatic heterocycles. The molecule has 0 unspecified atom stereocenters. The summed E-state index contributed by atoms with van der Waals surface area (Å²) in [5, 5.41) is 0.753. The van der Waals surface area contributed by atoms with Crippen LogP contribution in [0.1, 0.15) is 16.8 Å². The number of ether oxygens (including phenoxy) is 1. The smallest absolute Gasteiger partial charge is 0.332 e. The molecular weight excluding hydrogens is 462 g/mol. The molecule has 36 heavy (non-hydrogen) atoms. The largest absolute Gasteiger partial charge is 0.457 e. The Hall–Kier alpha value is -4.73. The van der Waals surface area contributed by atoms with E-state index in [2.05, 4.69) is 9.97 Å². The number of aromatic nitrogens is 5. The van der Waals surface area contributed by atoms with Crippen LogP contribution in [0.2, 0.25) is 0 Å². The lowest BCUT2D eigenvalue weighted by molar-refractivity contribution is -0.142. The molecule has 3 heterocycles. The van der Waals surface area contributed by atoms with E-state index in [1.54, 1.807) is 0 Å². The topological polar surface area (TPSA) is 121 Å². The van der Waals surface area contributed by atoms with Gasteiger partial charge in [0.25, 0.3) is 5.56 Å². The van der Waals surface area contributed by atoms with E-state index in [4.69, 9.17) is 4.74 Å². The Morgan fingerprint density at radius 1 is 0.972 bits per heavy atom. The number of Topliss-reactive ketones (excluding diaryl/α,β-unsaturated/α-hetero) is 1. The summed E-state index contributed by atoms with van der Waals surface area (Å²) in [5.41, 5.74) is 2.28. The minimum atomic E-state index is -0.590. The number of imidazole rings is 1. The van der Waals surface area contributed by atoms with Crippen LogP contribution >= 0.6 is 0 Å². The Morgan fingerprint density at radius 2 is 1.69 bits per heavy atom. The van der Waals surface area contributed by atoms with Crippen LogP contribution in [0.25, 0.3) is 33.3 Å². The molecule has 2 aromatic carbocycles. The summed E-state index contributed by atoms with van der Waals surface area (Å²) in [5.74, 6) is -0.912. The molecule has 0 fully saturated rings. The highest BCUT2D eigenvalue weighted by atomic mass is 16.5. The zero-order valence-corrected chi connectivity index (χ0v) is 19.7. The third-order valence-corrected chi connectivity index (χ3v) is 6.19. The maximum absolute atomic E-state index is 13.2. The molecule has 0 saturated carbocycles. The van der Waals surface area contributed by atoms with Crippen molar-refractivity contribution < 1.29 is 14.3 Å². The second kappa shape index (κ2) is 9.14. The number of hydrogen-bond donors (Lipinski definition) is 1. The van der Waals surface area contributed by atoms with Gasteiger partial charge in [-0.1, -0.05) is 48.5 Å². The summed E-state index contributed by atoms with van der Waals surface area (Å²) in [7, 11) is 2.91. The number of para-hydroxylation sites is 1. The molecule has 0 bridgehead atoms. The van der Waals surface area contributed by atoms with Gasteiger partial charge >= 0.3 is 11.7 Å². The second-order valence-electron chi connectivity index (χ2n) is 8.44. The molecule has 0 amide bonds. The number of benzene rings is 2. The molecule has 182 valence electrons. The molecule has 0 spiro atoms. The lowest BCUT2D eigenvalue weighted by Gasteiger charge is -2.08. The van der Waals surface area contributed by atoms with Crippen molar-refractivity contribution in [2.24, 2.45) is 14.1 Å². The Balaban J connectivity index is 1.32. The van der Waals surface area contributed by atoms with Crippen LogP contribution in [-0.2, 0) is 30.2 Å². The number of carbonyl (C=O) groups is 2. The average Bonchev–Trinajstić information content (AvgIpc) is 3.51. The van der Waals surface area contributed by atoms with Crippen molar-refractivity contribution in [3.63, 3.8) is 0 Å². The van der Waals surface area contributed by atoms with Gasteiger partial charge in [0.15, 0.2) is 17.8 Å². The Kier molecular flexibility index (Phi) is 5.85. The van der Waals surface area contributed by atoms with Gasteiger partial charge in [0.05, 0.1) is 24.0 Å². The molecule has 10 heteroatoms. The molecule has 0 atom stereocenters. The SMILES string of the molecule is Cn1c(=O)c2c(ncn2CCC(=O)OCC(=O)c2c(-c3ccccc3)[nH]c3ccccc23)n(C)c1=O. The number of nitrogens with zero attached hydrogens (tertiary/aromatic N) is 4. The quantitative estimate of drug-likeness (QED) is 0.279. The molecule has 0 radical (unpaired) electrons. The Bertz CT molecular complexity index is 1740. The summed E-state index contributed by atoms with van der Waals surface area (Å²) < 4.78 is 9.07. The minimum Gasteiger partial charge on any atom is -0.457 e. The van der Waals surface area contributed by atoms with Gasteiger partial charge in [-0.3, -0.25) is 23.5 Å². The summed E-state index contributed by atoms with van der Waals surface area (Å²) in [6, 6.07) is 17.0. The van der Waals surface area contributed by atoms with Crippen LogP contribution in [0.4, 0.5) is 0 Å². The fraction of sp³-hybridized carbons (Fsp3) is 0.192. The average molecular weight is 486 g/mol. The number of aryl methyl sites for hydroxylation is 2. The first-order valence-electron chi connectivity index (χ1n) is 11.3. The Labute approximate surface area is 204 Å². The molecule has 5 aromatic rings. The van der Waals surface area contributed by atoms with Crippen LogP contribution in [0.5, 0.6) is 0 Å². The summed E-state index contributed by atoms with van der Waals surface area (Å²) in [6.07, 6.45) is 1.33. The monoisotopic (exact) mass is 485 g/mol. The molecule has 0 aliphatic rings. The molecule has 3 aromatic heterocycles. The summed E-state index contributed by atoms with van der Waals surface area (Å²) in [4.78, 5) is 57.8. The van der Waals surface area contributed by atoms with Crippen LogP contribution in [0.3, 0.4) is 0 Å². The van der Waals surface area contributed by atoms with E-state index in [0.717, 1.165) is 21.0 Å². The van der Waals surface area contributed by atoms with E-state index >= 15 is 0 Å². The molecule has 0 saturated heterocycles. The van der Waals surface area contributed by atoms with Crippen molar-refractivity contribution in [2.45, 2.75) is 13.0 Å². The number of esters is 1. The lowest BCUT2D eigenvalue weighted by atomic mass is 10.0. The van der Waals surface area contributed by atoms with Gasteiger partial charge in [-0.05, 0) is 11.6 Å². The number of H-pyrrole nitrogens is 1. The predicted molar refractivity (Wildman–Crippen MR) is 134 cm³/mol. The summed E-state index contributed by atoms with van der Waals surface area (Å²) in [6.45, 7) is -0.305. The number of carbonyl (C=O) groups excluding carboxylic acids is 2. The zero-order chi connectivity index (χ0) is 25.4. The van der Waals surface area contributed by atoms with E-state index in [9.17, 15) is 19.2 Å². The highest BCUT2D eigenvalue weighted by Gasteiger charge is 2.21. The lowest BCUT2D eigenvalue weighted by Crippen LogP contribution is -2.37. The fourth-order valence-electron chi connectivity index (χ4n) is 4.32. The number of nitrogens with one attached hydrogen (secondary N) is 1. The third kappa shape index (κ3) is 3.92. The summed E-state index contributed by atoms with van der Waals surface area (Å²) >= 11 is 0. The predicted octanol–water partition coefficient (Wildman–Crippen LogP) is 2.40. The van der Waals surface area contributed by atoms with Crippen molar-refractivity contribution in [2.75, 3.05) is 6.61 Å². The van der Waals surface area contributed by atoms with Crippen LogP contribution < -0.4 is 11.2 Å². The van der Waals surface area contributed by atoms with E-state index in [1.165, 1.54) is 29.6 Å². The van der Waals surface area contributed by atoms with Gasteiger partial charge in [-0.15, -0.1) is 0 Å². The molecule has 1 N–H and O–H groups in total. The standard InChI is InChI=1S/C26H23N5O5/c1-29-24-23(25(34)30(2)26(29)35)31(15-27-24)13-12-20(33)36-14-19(32)21-17-10-6-7-11-18(17)28-22(21)16-8-4-3-5-9-16/h3-11,15,28H,12-14H2,1-2H3. The molecule has 5 rings (SSSR count). The van der Waals surface area contributed by atoms with Gasteiger partial charge in [0.1, 0.15) is 0 Å². The second-order valence-corrected chi connectivity index (χ2v) is 8.44. The first kappa shape index (κ1) is 23.0. The third-order valence-electron chi connectivity index (χ3n) is 6.19. The number of fused-ring (bicyclic) bond motifs is 2. The van der Waals surface area contributed by atoms with E-state index in [1.807, 2.05) is 54.6 Å². The zero-order valence-electron chi connectivity index (χ0n) is 19.7. The van der Waals surface area contributed by atoms with E-state index in [0.29, 0.717) is 11.3 Å².